The van der Waals surface area contributed by atoms with Crippen LogP contribution in [0, 0.1) is 17.8 Å². The largest absolute Gasteiger partial charge is 0.491 e. The highest BCUT2D eigenvalue weighted by Gasteiger charge is 2.75. The minimum atomic E-state index is -2.09. The molecule has 3 fully saturated rings. The number of cyclic esters (lactones) is 1. The number of anilines is 1. The number of morpholine rings is 1. The first-order valence-corrected chi connectivity index (χ1v) is 22.4. The Morgan fingerprint density at radius 3 is 2.14 bits per heavy atom. The number of aliphatic hydroxyl groups excluding tert-OH is 1. The zero-order chi connectivity index (χ0) is 45.3. The summed E-state index contributed by atoms with van der Waals surface area (Å²) in [5, 5.41) is 24.7. The predicted octanol–water partition coefficient (Wildman–Crippen LogP) is 7.12. The summed E-state index contributed by atoms with van der Waals surface area (Å²) in [5.41, 5.74) is 6.72. The SMILES string of the molecule is C[C@@H](NC(=O)N1C(=O)[C@@]2(c3cc(C#CC4(O)CCCCCC4)ccc31)[C@H](c1ccccc1OCCO)N1[C@H](c3ccccc3)[C@H](c3ccccc3)OC(=O)[C@H]1[C@@H]2C(N)=O)c1ccccc1. The number of nitrogens with two attached hydrogens (primary N) is 1. The van der Waals surface area contributed by atoms with E-state index in [4.69, 9.17) is 15.2 Å². The number of primary amides is 1. The second-order valence-electron chi connectivity index (χ2n) is 17.4. The van der Waals surface area contributed by atoms with Crippen LogP contribution in [0.2, 0.25) is 0 Å². The molecule has 4 aliphatic rings. The van der Waals surface area contributed by atoms with Crippen molar-refractivity contribution in [3.63, 3.8) is 0 Å². The normalized spacial score (nSPS) is 25.0. The van der Waals surface area contributed by atoms with E-state index in [1.807, 2.05) is 103 Å². The molecule has 0 bridgehead atoms. The van der Waals surface area contributed by atoms with Crippen LogP contribution < -0.4 is 20.7 Å². The van der Waals surface area contributed by atoms with Crippen molar-refractivity contribution in [3.8, 4) is 17.6 Å². The van der Waals surface area contributed by atoms with Gasteiger partial charge < -0.3 is 30.7 Å². The third-order valence-electron chi connectivity index (χ3n) is 13.5. The first-order valence-electron chi connectivity index (χ1n) is 22.4. The number of rotatable bonds is 9. The van der Waals surface area contributed by atoms with E-state index in [1.54, 1.807) is 42.5 Å². The Labute approximate surface area is 378 Å². The lowest BCUT2D eigenvalue weighted by Gasteiger charge is -2.46. The zero-order valence-electron chi connectivity index (χ0n) is 36.1. The lowest BCUT2D eigenvalue weighted by Crippen LogP contribution is -2.55. The fraction of sp³-hybridized carbons (Fsp3) is 0.321. The van der Waals surface area contributed by atoms with Crippen LogP contribution >= 0.6 is 0 Å². The third kappa shape index (κ3) is 7.73. The lowest BCUT2D eigenvalue weighted by molar-refractivity contribution is -0.178. The molecule has 5 aromatic rings. The van der Waals surface area contributed by atoms with Gasteiger partial charge in [0.2, 0.25) is 11.8 Å². The number of urea groups is 1. The van der Waals surface area contributed by atoms with Gasteiger partial charge in [0.15, 0.2) is 0 Å². The number of hydrogen-bond acceptors (Lipinski definition) is 9. The molecule has 3 aliphatic heterocycles. The average molecular weight is 873 g/mol. The number of carbonyl (C=O) groups excluding carboxylic acids is 4. The molecular formula is C53H52N4O8. The molecule has 0 aromatic heterocycles. The quantitative estimate of drug-likeness (QED) is 0.0684. The molecule has 7 atom stereocenters. The van der Waals surface area contributed by atoms with Crippen LogP contribution in [0.1, 0.15) is 103 Å². The Kier molecular flexibility index (Phi) is 12.0. The molecule has 12 nitrogen and oxygen atoms in total. The number of fused-ring (bicyclic) bond motifs is 3. The van der Waals surface area contributed by atoms with E-state index in [-0.39, 0.29) is 24.5 Å². The number of ether oxygens (including phenoxy) is 2. The number of amides is 4. The van der Waals surface area contributed by atoms with E-state index in [0.29, 0.717) is 35.3 Å². The number of nitrogens with one attached hydrogen (secondary N) is 1. The summed E-state index contributed by atoms with van der Waals surface area (Å²) in [5.74, 6) is 2.51. The van der Waals surface area contributed by atoms with Gasteiger partial charge in [-0.15, -0.1) is 0 Å². The number of nitrogens with zero attached hydrogens (tertiary/aromatic N) is 2. The number of esters is 1. The van der Waals surface area contributed by atoms with Crippen molar-refractivity contribution in [2.45, 2.75) is 86.7 Å². The molecular weight excluding hydrogens is 821 g/mol. The monoisotopic (exact) mass is 872 g/mol. The van der Waals surface area contributed by atoms with Crippen molar-refractivity contribution in [1.29, 1.82) is 0 Å². The second-order valence-corrected chi connectivity index (χ2v) is 17.4. The Balaban J connectivity index is 1.33. The Bertz CT molecular complexity index is 2640. The van der Waals surface area contributed by atoms with E-state index in [9.17, 15) is 19.8 Å². The van der Waals surface area contributed by atoms with Gasteiger partial charge in [0.05, 0.1) is 36.3 Å². The summed E-state index contributed by atoms with van der Waals surface area (Å²) in [6.45, 7) is 1.39. The first kappa shape index (κ1) is 43.5. The molecule has 2 saturated heterocycles. The third-order valence-corrected chi connectivity index (χ3v) is 13.5. The molecule has 0 radical (unpaired) electrons. The molecule has 9 rings (SSSR count). The Morgan fingerprint density at radius 1 is 0.846 bits per heavy atom. The highest BCUT2D eigenvalue weighted by Crippen LogP contribution is 2.66. The maximum absolute atomic E-state index is 16.3. The molecule has 3 heterocycles. The highest BCUT2D eigenvalue weighted by molar-refractivity contribution is 6.24. The molecule has 1 spiro atoms. The fourth-order valence-corrected chi connectivity index (χ4v) is 10.7. The molecule has 5 N–H and O–H groups in total. The molecule has 5 aromatic carbocycles. The minimum Gasteiger partial charge on any atom is -0.491 e. The van der Waals surface area contributed by atoms with Gasteiger partial charge in [-0.3, -0.25) is 19.3 Å². The number of carbonyl (C=O) groups is 4. The molecule has 332 valence electrons. The Hall–Kier alpha value is -6.78. The number of benzene rings is 5. The Morgan fingerprint density at radius 2 is 1.48 bits per heavy atom. The van der Waals surface area contributed by atoms with Gasteiger partial charge in [0.25, 0.3) is 0 Å². The number of imide groups is 1. The summed E-state index contributed by atoms with van der Waals surface area (Å²) >= 11 is 0. The van der Waals surface area contributed by atoms with Crippen molar-refractivity contribution in [3.05, 3.63) is 167 Å². The summed E-state index contributed by atoms with van der Waals surface area (Å²) in [6, 6.07) is 35.3. The predicted molar refractivity (Wildman–Crippen MR) is 243 cm³/mol. The van der Waals surface area contributed by atoms with Crippen LogP contribution in [-0.2, 0) is 24.5 Å². The second kappa shape index (κ2) is 18.0. The standard InChI is InChI=1S/C53H52N4O8/c1-34(36-17-7-4-8-18-36)55-51(62)56-41-26-25-35(27-30-52(63)28-15-2-3-16-29-52)33-40(41)53(50(56)61)43(48(54)59)45-49(60)65-46(38-21-11-6-12-22-38)44(37-19-9-5-10-20-37)57(45)47(53)39-23-13-14-24-42(39)64-32-31-58/h4-14,17-26,33-34,43-47,58,63H,2-3,15-16,28-29,31-32H2,1H3,(H2,54,59)(H,55,62)/t34-,43-,44-,45-,46+,47+,53-/m1/s1. The van der Waals surface area contributed by atoms with Crippen molar-refractivity contribution >= 4 is 29.5 Å². The summed E-state index contributed by atoms with van der Waals surface area (Å²) < 4.78 is 12.7. The van der Waals surface area contributed by atoms with E-state index < -0.39 is 71.0 Å². The van der Waals surface area contributed by atoms with Gasteiger partial charge >= 0.3 is 12.0 Å². The topological polar surface area (TPSA) is 172 Å². The van der Waals surface area contributed by atoms with Gasteiger partial charge in [-0.25, -0.2) is 9.69 Å². The molecule has 1 saturated carbocycles. The van der Waals surface area contributed by atoms with Gasteiger partial charge in [0.1, 0.15) is 35.5 Å². The summed E-state index contributed by atoms with van der Waals surface area (Å²) in [4.78, 5) is 63.9. The van der Waals surface area contributed by atoms with E-state index in [2.05, 4.69) is 17.2 Å². The summed E-state index contributed by atoms with van der Waals surface area (Å²) in [6.07, 6.45) is 3.76. The maximum Gasteiger partial charge on any atom is 0.329 e. The first-order chi connectivity index (χ1) is 31.6. The molecule has 0 unspecified atom stereocenters. The van der Waals surface area contributed by atoms with Crippen LogP contribution in [0.25, 0.3) is 0 Å². The lowest BCUT2D eigenvalue weighted by atomic mass is 9.65. The van der Waals surface area contributed by atoms with Crippen LogP contribution in [0.15, 0.2) is 133 Å². The zero-order valence-corrected chi connectivity index (χ0v) is 36.1. The highest BCUT2D eigenvalue weighted by atomic mass is 16.6. The van der Waals surface area contributed by atoms with Crippen molar-refractivity contribution in [2.75, 3.05) is 18.1 Å². The number of hydrogen-bond donors (Lipinski definition) is 4. The molecule has 4 amide bonds. The van der Waals surface area contributed by atoms with Gasteiger partial charge in [-0.05, 0) is 79.1 Å². The molecule has 65 heavy (non-hydrogen) atoms. The molecule has 12 heteroatoms. The number of aliphatic hydroxyl groups is 2. The van der Waals surface area contributed by atoms with Crippen LogP contribution in [0.5, 0.6) is 5.75 Å². The average Bonchev–Trinajstić information content (AvgIpc) is 3.66. The summed E-state index contributed by atoms with van der Waals surface area (Å²) in [7, 11) is 0. The van der Waals surface area contributed by atoms with Crippen LogP contribution in [0.3, 0.4) is 0 Å². The molecule has 1 aliphatic carbocycles. The maximum atomic E-state index is 16.3. The van der Waals surface area contributed by atoms with Gasteiger partial charge in [0, 0.05) is 11.1 Å². The van der Waals surface area contributed by atoms with Crippen molar-refractivity contribution < 1.29 is 38.9 Å². The smallest absolute Gasteiger partial charge is 0.329 e. The van der Waals surface area contributed by atoms with Crippen LogP contribution in [0.4, 0.5) is 10.5 Å². The van der Waals surface area contributed by atoms with Crippen molar-refractivity contribution in [1.82, 2.24) is 10.2 Å². The fourth-order valence-electron chi connectivity index (χ4n) is 10.7. The van der Waals surface area contributed by atoms with E-state index in [0.717, 1.165) is 41.7 Å². The van der Waals surface area contributed by atoms with Gasteiger partial charge in [-0.2, -0.15) is 0 Å². The van der Waals surface area contributed by atoms with Crippen LogP contribution in [-0.4, -0.2) is 63.8 Å². The van der Waals surface area contributed by atoms with Crippen molar-refractivity contribution in [2.24, 2.45) is 11.7 Å². The minimum absolute atomic E-state index is 0.102. The van der Waals surface area contributed by atoms with E-state index >= 15 is 9.59 Å². The van der Waals surface area contributed by atoms with E-state index in [1.165, 1.54) is 0 Å². The van der Waals surface area contributed by atoms with Gasteiger partial charge in [-0.1, -0.05) is 134 Å². The number of para-hydroxylation sites is 1.